The van der Waals surface area contributed by atoms with Crippen molar-refractivity contribution in [2.75, 3.05) is 13.1 Å². The molecule has 2 aromatic rings. The number of nitrogens with one attached hydrogen (secondary N) is 1. The fourth-order valence-electron chi connectivity index (χ4n) is 4.49. The molecule has 0 bridgehead atoms. The van der Waals surface area contributed by atoms with Gasteiger partial charge in [-0.25, -0.2) is 9.18 Å². The van der Waals surface area contributed by atoms with Crippen molar-refractivity contribution in [3.63, 3.8) is 0 Å². The Kier molecular flexibility index (Phi) is 9.66. The molecule has 37 heavy (non-hydrogen) atoms. The third-order valence-corrected chi connectivity index (χ3v) is 6.38. The van der Waals surface area contributed by atoms with Gasteiger partial charge in [0.1, 0.15) is 23.2 Å². The average molecular weight is 513 g/mol. The van der Waals surface area contributed by atoms with Crippen LogP contribution >= 0.6 is 0 Å². The number of aliphatic carboxylic acids is 1. The Bertz CT molecular complexity index is 1070. The number of halogens is 1. The van der Waals surface area contributed by atoms with E-state index < -0.39 is 12.0 Å². The molecule has 2 aromatic carbocycles. The molecule has 0 unspecified atom stereocenters. The number of aryl methyl sites for hydroxylation is 1. The molecule has 0 saturated carbocycles. The molecule has 1 heterocycles. The number of piperidine rings is 1. The minimum absolute atomic E-state index is 0.0250. The predicted molar refractivity (Wildman–Crippen MR) is 139 cm³/mol. The molecule has 1 saturated heterocycles. The Hall–Kier alpha value is -3.42. The number of carboxylic acids is 1. The number of hydrogen-bond acceptors (Lipinski definition) is 4. The van der Waals surface area contributed by atoms with E-state index in [0.29, 0.717) is 44.5 Å². The molecule has 1 atom stereocenters. The molecule has 0 spiro atoms. The van der Waals surface area contributed by atoms with E-state index in [-0.39, 0.29) is 42.0 Å². The van der Waals surface area contributed by atoms with Crippen LogP contribution in [0.25, 0.3) is 0 Å². The van der Waals surface area contributed by atoms with Crippen molar-refractivity contribution in [2.45, 2.75) is 70.9 Å². The smallest absolute Gasteiger partial charge is 0.326 e. The highest BCUT2D eigenvalue weighted by Crippen LogP contribution is 2.22. The second-order valence-electron chi connectivity index (χ2n) is 10.7. The number of carboxylic acid groups (broad SMARTS) is 1. The molecule has 0 aromatic heterocycles. The molecule has 1 aliphatic rings. The van der Waals surface area contributed by atoms with Gasteiger partial charge in [0.25, 0.3) is 0 Å². The van der Waals surface area contributed by atoms with Gasteiger partial charge in [-0.15, -0.1) is 0 Å². The molecule has 0 aliphatic carbocycles. The van der Waals surface area contributed by atoms with Crippen LogP contribution in [0.15, 0.2) is 48.5 Å². The Labute approximate surface area is 218 Å². The minimum atomic E-state index is -1.08. The Morgan fingerprint density at radius 2 is 1.76 bits per heavy atom. The molecule has 3 rings (SSSR count). The summed E-state index contributed by atoms with van der Waals surface area (Å²) in [5.74, 6) is -0.866. The predicted octanol–water partition coefficient (Wildman–Crippen LogP) is 4.38. The summed E-state index contributed by atoms with van der Waals surface area (Å²) >= 11 is 0. The molecule has 200 valence electrons. The van der Waals surface area contributed by atoms with Crippen LogP contribution in [0.3, 0.4) is 0 Å². The molecule has 2 N–H and O–H groups in total. The zero-order valence-corrected chi connectivity index (χ0v) is 21.8. The van der Waals surface area contributed by atoms with Crippen LogP contribution in [0, 0.1) is 11.7 Å². The maximum Gasteiger partial charge on any atom is 0.326 e. The van der Waals surface area contributed by atoms with Crippen molar-refractivity contribution in [3.05, 3.63) is 65.5 Å². The second kappa shape index (κ2) is 12.7. The first-order valence-electron chi connectivity index (χ1n) is 12.8. The Balaban J connectivity index is 1.42. The average Bonchev–Trinajstić information content (AvgIpc) is 2.83. The maximum atomic E-state index is 13.3. The number of rotatable bonds is 10. The molecular formula is C29H37FN2O5. The van der Waals surface area contributed by atoms with Gasteiger partial charge in [-0.05, 0) is 81.3 Å². The van der Waals surface area contributed by atoms with Gasteiger partial charge in [0, 0.05) is 32.4 Å². The van der Waals surface area contributed by atoms with Crippen LogP contribution in [-0.2, 0) is 27.2 Å². The van der Waals surface area contributed by atoms with Crippen molar-refractivity contribution < 1.29 is 28.6 Å². The van der Waals surface area contributed by atoms with Crippen LogP contribution in [-0.4, -0.2) is 52.5 Å². The van der Waals surface area contributed by atoms with E-state index in [2.05, 4.69) is 5.32 Å². The highest BCUT2D eigenvalue weighted by atomic mass is 19.1. The molecule has 1 aliphatic heterocycles. The van der Waals surface area contributed by atoms with E-state index in [0.717, 1.165) is 11.1 Å². The topological polar surface area (TPSA) is 95.9 Å². The number of carbonyl (C=O) groups excluding carboxylic acids is 2. The highest BCUT2D eigenvalue weighted by molar-refractivity contribution is 5.84. The first kappa shape index (κ1) is 28.2. The molecule has 1 fully saturated rings. The fraction of sp³-hybridized carbons (Fsp3) is 0.483. The highest BCUT2D eigenvalue weighted by Gasteiger charge is 2.26. The third kappa shape index (κ3) is 9.52. The van der Waals surface area contributed by atoms with E-state index >= 15 is 0 Å². The number of nitrogens with zero attached hydrogens (tertiary/aromatic N) is 1. The number of ether oxygens (including phenoxy) is 1. The van der Waals surface area contributed by atoms with Gasteiger partial charge >= 0.3 is 5.97 Å². The van der Waals surface area contributed by atoms with E-state index in [9.17, 15) is 23.9 Å². The van der Waals surface area contributed by atoms with Crippen LogP contribution in [0.1, 0.15) is 57.6 Å². The van der Waals surface area contributed by atoms with Crippen molar-refractivity contribution in [1.82, 2.24) is 10.2 Å². The lowest BCUT2D eigenvalue weighted by atomic mass is 9.92. The minimum Gasteiger partial charge on any atom is -0.488 e. The number of amides is 2. The lowest BCUT2D eigenvalue weighted by Gasteiger charge is -2.32. The fourth-order valence-corrected chi connectivity index (χ4v) is 4.49. The molecular weight excluding hydrogens is 475 g/mol. The van der Waals surface area contributed by atoms with Gasteiger partial charge in [0.05, 0.1) is 0 Å². The van der Waals surface area contributed by atoms with Crippen molar-refractivity contribution in [1.29, 1.82) is 0 Å². The summed E-state index contributed by atoms with van der Waals surface area (Å²) in [6.07, 6.45) is 2.58. The summed E-state index contributed by atoms with van der Waals surface area (Å²) in [6, 6.07) is 12.5. The van der Waals surface area contributed by atoms with Crippen molar-refractivity contribution >= 4 is 17.8 Å². The maximum absolute atomic E-state index is 13.3. The zero-order chi connectivity index (χ0) is 27.0. The molecule has 2 amide bonds. The largest absolute Gasteiger partial charge is 0.488 e. The molecule has 7 nitrogen and oxygen atoms in total. The Morgan fingerprint density at radius 3 is 2.35 bits per heavy atom. The van der Waals surface area contributed by atoms with E-state index in [1.54, 1.807) is 23.1 Å². The van der Waals surface area contributed by atoms with Crippen LogP contribution in [0.2, 0.25) is 0 Å². The summed E-state index contributed by atoms with van der Waals surface area (Å²) < 4.78 is 19.1. The lowest BCUT2D eigenvalue weighted by molar-refractivity contribution is -0.142. The number of carbonyl (C=O) groups is 3. The van der Waals surface area contributed by atoms with Gasteiger partial charge in [0.2, 0.25) is 11.8 Å². The van der Waals surface area contributed by atoms with Gasteiger partial charge < -0.3 is 20.1 Å². The molecule has 0 radical (unpaired) electrons. The lowest BCUT2D eigenvalue weighted by Crippen LogP contribution is -2.44. The summed E-state index contributed by atoms with van der Waals surface area (Å²) in [6.45, 7) is 6.98. The summed E-state index contributed by atoms with van der Waals surface area (Å²) in [5, 5.41) is 12.3. The van der Waals surface area contributed by atoms with Crippen LogP contribution in [0.5, 0.6) is 5.75 Å². The monoisotopic (exact) mass is 512 g/mol. The van der Waals surface area contributed by atoms with Crippen molar-refractivity contribution in [3.8, 4) is 5.75 Å². The van der Waals surface area contributed by atoms with Crippen LogP contribution < -0.4 is 10.1 Å². The van der Waals surface area contributed by atoms with Gasteiger partial charge in [-0.1, -0.05) is 24.3 Å². The summed E-state index contributed by atoms with van der Waals surface area (Å²) in [4.78, 5) is 38.7. The first-order chi connectivity index (χ1) is 17.5. The SMILES string of the molecule is CC(C)(C)Oc1ccc(C[C@H](NC(=O)CC2CCN(C(=O)CCc3cccc(F)c3)CC2)C(=O)O)cc1. The standard InChI is InChI=1S/C29H37FN2O5/c1-29(2,3)37-24-10-7-21(8-11-24)18-25(28(35)36)31-26(33)19-22-13-15-32(16-14-22)27(34)12-9-20-5-4-6-23(30)17-20/h4-8,10-11,17,22,25H,9,12-16,18-19H2,1-3H3,(H,31,33)(H,35,36)/t25-/m0/s1. The summed E-state index contributed by atoms with van der Waals surface area (Å²) in [5.41, 5.74) is 1.26. The number of hydrogen-bond donors (Lipinski definition) is 2. The van der Waals surface area contributed by atoms with E-state index in [1.165, 1.54) is 12.1 Å². The summed E-state index contributed by atoms with van der Waals surface area (Å²) in [7, 11) is 0. The van der Waals surface area contributed by atoms with E-state index in [4.69, 9.17) is 4.74 Å². The molecule has 8 heteroatoms. The quantitative estimate of drug-likeness (QED) is 0.493. The second-order valence-corrected chi connectivity index (χ2v) is 10.7. The van der Waals surface area contributed by atoms with Gasteiger partial charge in [-0.3, -0.25) is 9.59 Å². The van der Waals surface area contributed by atoms with Gasteiger partial charge in [0.15, 0.2) is 0 Å². The normalized spacial score (nSPS) is 15.2. The number of benzene rings is 2. The van der Waals surface area contributed by atoms with Crippen LogP contribution in [0.4, 0.5) is 4.39 Å². The van der Waals surface area contributed by atoms with Gasteiger partial charge in [-0.2, -0.15) is 0 Å². The van der Waals surface area contributed by atoms with Crippen molar-refractivity contribution in [2.24, 2.45) is 5.92 Å². The third-order valence-electron chi connectivity index (χ3n) is 6.38. The van der Waals surface area contributed by atoms with E-state index in [1.807, 2.05) is 39.0 Å². The zero-order valence-electron chi connectivity index (χ0n) is 21.8. The Morgan fingerprint density at radius 1 is 1.08 bits per heavy atom. The number of likely N-dealkylation sites (tertiary alicyclic amines) is 1. The first-order valence-corrected chi connectivity index (χ1v) is 12.8.